The molecule has 0 aliphatic carbocycles. The molecule has 5 heteroatoms. The molecule has 0 spiro atoms. The zero-order valence-corrected chi connectivity index (χ0v) is 12.5. The van der Waals surface area contributed by atoms with Crippen LogP contribution in [-0.2, 0) is 6.54 Å². The normalized spacial score (nSPS) is 10.7. The predicted molar refractivity (Wildman–Crippen MR) is 81.0 cm³/mol. The lowest BCUT2D eigenvalue weighted by Gasteiger charge is -2.26. The zero-order chi connectivity index (χ0) is 15.4. The quantitative estimate of drug-likeness (QED) is 0.935. The maximum Gasteiger partial charge on any atom is 0.259 e. The van der Waals surface area contributed by atoms with E-state index in [4.69, 9.17) is 0 Å². The molecule has 0 bridgehead atoms. The fraction of sp³-hybridized carbons (Fsp3) is 0.312. The van der Waals surface area contributed by atoms with E-state index in [0.29, 0.717) is 6.54 Å². The zero-order valence-electron chi connectivity index (χ0n) is 12.5. The third kappa shape index (κ3) is 3.56. The number of carbonyl (C=O) groups excluding carboxylic acids is 1. The summed E-state index contributed by atoms with van der Waals surface area (Å²) < 4.78 is 0. The van der Waals surface area contributed by atoms with Crippen LogP contribution in [0.3, 0.4) is 0 Å². The van der Waals surface area contributed by atoms with Crippen molar-refractivity contribution in [2.24, 2.45) is 0 Å². The van der Waals surface area contributed by atoms with E-state index < -0.39 is 0 Å². The van der Waals surface area contributed by atoms with Crippen molar-refractivity contribution in [2.45, 2.75) is 33.4 Å². The van der Waals surface area contributed by atoms with E-state index in [1.165, 1.54) is 12.3 Å². The Labute approximate surface area is 123 Å². The summed E-state index contributed by atoms with van der Waals surface area (Å²) in [4.78, 5) is 33.4. The fourth-order valence-electron chi connectivity index (χ4n) is 2.05. The second kappa shape index (κ2) is 6.35. The molecule has 21 heavy (non-hydrogen) atoms. The first-order valence-electron chi connectivity index (χ1n) is 6.89. The van der Waals surface area contributed by atoms with Crippen LogP contribution in [0, 0.1) is 6.92 Å². The summed E-state index contributed by atoms with van der Waals surface area (Å²) in [7, 11) is 0. The molecule has 2 aromatic rings. The van der Waals surface area contributed by atoms with Gasteiger partial charge in [0.05, 0.1) is 12.2 Å². The lowest BCUT2D eigenvalue weighted by Crippen LogP contribution is -2.39. The molecule has 2 rings (SSSR count). The molecule has 2 aromatic heterocycles. The Hall–Kier alpha value is -2.43. The lowest BCUT2D eigenvalue weighted by molar-refractivity contribution is 0.0686. The minimum absolute atomic E-state index is 0.0276. The molecule has 0 aliphatic heterocycles. The van der Waals surface area contributed by atoms with E-state index in [0.717, 1.165) is 11.4 Å². The number of hydrogen-bond donors (Lipinski definition) is 1. The van der Waals surface area contributed by atoms with Gasteiger partial charge < -0.3 is 9.88 Å². The summed E-state index contributed by atoms with van der Waals surface area (Å²) in [5.41, 5.74) is 1.42. The number of aromatic nitrogens is 2. The highest BCUT2D eigenvalue weighted by Gasteiger charge is 2.21. The van der Waals surface area contributed by atoms with Gasteiger partial charge >= 0.3 is 0 Å². The van der Waals surface area contributed by atoms with E-state index in [2.05, 4.69) is 9.97 Å². The maximum atomic E-state index is 12.6. The van der Waals surface area contributed by atoms with Crippen molar-refractivity contribution in [3.05, 3.63) is 63.8 Å². The highest BCUT2D eigenvalue weighted by atomic mass is 16.2. The molecular weight excluding hydrogens is 266 g/mol. The number of nitrogens with zero attached hydrogens (tertiary/aromatic N) is 2. The standard InChI is InChI=1S/C16H19N3O2/c1-11(2)19(10-13-6-4-5-7-17-13)16(21)14-9-18-12(3)8-15(14)20/h4-9,11H,10H2,1-3H3,(H,18,20). The number of pyridine rings is 2. The molecule has 0 fully saturated rings. The highest BCUT2D eigenvalue weighted by Crippen LogP contribution is 2.10. The smallest absolute Gasteiger partial charge is 0.259 e. The summed E-state index contributed by atoms with van der Waals surface area (Å²) in [6.07, 6.45) is 3.17. The average molecular weight is 285 g/mol. The van der Waals surface area contributed by atoms with Crippen molar-refractivity contribution < 1.29 is 4.79 Å². The number of amides is 1. The Bertz CT molecular complexity index is 677. The fourth-order valence-corrected chi connectivity index (χ4v) is 2.05. The third-order valence-corrected chi connectivity index (χ3v) is 3.23. The number of nitrogens with one attached hydrogen (secondary N) is 1. The second-order valence-electron chi connectivity index (χ2n) is 5.24. The Balaban J connectivity index is 2.30. The molecule has 0 aromatic carbocycles. The van der Waals surface area contributed by atoms with Gasteiger partial charge in [-0.2, -0.15) is 0 Å². The first-order valence-corrected chi connectivity index (χ1v) is 6.89. The summed E-state index contributed by atoms with van der Waals surface area (Å²) >= 11 is 0. The number of carbonyl (C=O) groups is 1. The third-order valence-electron chi connectivity index (χ3n) is 3.23. The van der Waals surface area contributed by atoms with Gasteiger partial charge in [-0.1, -0.05) is 6.07 Å². The van der Waals surface area contributed by atoms with E-state index >= 15 is 0 Å². The van der Waals surface area contributed by atoms with Crippen LogP contribution in [0.4, 0.5) is 0 Å². The van der Waals surface area contributed by atoms with Gasteiger partial charge in [0.15, 0.2) is 5.43 Å². The van der Waals surface area contributed by atoms with Gasteiger partial charge in [-0.25, -0.2) is 0 Å². The van der Waals surface area contributed by atoms with Gasteiger partial charge in [-0.3, -0.25) is 14.6 Å². The van der Waals surface area contributed by atoms with Crippen molar-refractivity contribution in [1.82, 2.24) is 14.9 Å². The number of aromatic amines is 1. The Morgan fingerprint density at radius 3 is 2.71 bits per heavy atom. The van der Waals surface area contributed by atoms with Gasteiger partial charge in [-0.15, -0.1) is 0 Å². The van der Waals surface area contributed by atoms with Crippen LogP contribution in [0.1, 0.15) is 35.6 Å². The number of rotatable bonds is 4. The largest absolute Gasteiger partial charge is 0.364 e. The molecule has 1 amide bonds. The van der Waals surface area contributed by atoms with Gasteiger partial charge in [-0.05, 0) is 32.9 Å². The van der Waals surface area contributed by atoms with Crippen LogP contribution in [0.2, 0.25) is 0 Å². The molecule has 2 heterocycles. The number of aryl methyl sites for hydroxylation is 1. The van der Waals surface area contributed by atoms with Crippen LogP contribution in [0.25, 0.3) is 0 Å². The van der Waals surface area contributed by atoms with Crippen LogP contribution >= 0.6 is 0 Å². The van der Waals surface area contributed by atoms with E-state index in [1.807, 2.05) is 32.0 Å². The highest BCUT2D eigenvalue weighted by molar-refractivity contribution is 5.94. The van der Waals surface area contributed by atoms with Crippen LogP contribution < -0.4 is 5.43 Å². The van der Waals surface area contributed by atoms with Crippen LogP contribution in [0.15, 0.2) is 41.5 Å². The first-order chi connectivity index (χ1) is 9.99. The Kier molecular flexibility index (Phi) is 4.52. The SMILES string of the molecule is Cc1cc(=O)c(C(=O)N(Cc2ccccn2)C(C)C)c[nH]1. The Morgan fingerprint density at radius 1 is 1.38 bits per heavy atom. The summed E-state index contributed by atoms with van der Waals surface area (Å²) in [5, 5.41) is 0. The van der Waals surface area contributed by atoms with Crippen LogP contribution in [0.5, 0.6) is 0 Å². The minimum atomic E-state index is -0.281. The molecule has 110 valence electrons. The molecular formula is C16H19N3O2. The first kappa shape index (κ1) is 15.0. The van der Waals surface area contributed by atoms with Gasteiger partial charge in [0, 0.05) is 30.2 Å². The van der Waals surface area contributed by atoms with Gasteiger partial charge in [0.2, 0.25) is 0 Å². The average Bonchev–Trinajstić information content (AvgIpc) is 2.45. The van der Waals surface area contributed by atoms with Crippen molar-refractivity contribution in [3.8, 4) is 0 Å². The van der Waals surface area contributed by atoms with Gasteiger partial charge in [0.25, 0.3) is 5.91 Å². The number of hydrogen-bond acceptors (Lipinski definition) is 3. The Morgan fingerprint density at radius 2 is 2.14 bits per heavy atom. The summed E-state index contributed by atoms with van der Waals surface area (Å²) in [6, 6.07) is 6.98. The van der Waals surface area contributed by atoms with Crippen molar-refractivity contribution in [3.63, 3.8) is 0 Å². The monoisotopic (exact) mass is 285 g/mol. The molecule has 0 radical (unpaired) electrons. The van der Waals surface area contributed by atoms with Crippen LogP contribution in [-0.4, -0.2) is 26.8 Å². The molecule has 0 saturated heterocycles. The summed E-state index contributed by atoms with van der Waals surface area (Å²) in [6.45, 7) is 6.00. The van der Waals surface area contributed by atoms with Crippen molar-refractivity contribution in [2.75, 3.05) is 0 Å². The second-order valence-corrected chi connectivity index (χ2v) is 5.24. The van der Waals surface area contributed by atoms with E-state index in [1.54, 1.807) is 18.0 Å². The molecule has 1 N–H and O–H groups in total. The summed E-state index contributed by atoms with van der Waals surface area (Å²) in [5.74, 6) is -0.281. The van der Waals surface area contributed by atoms with E-state index in [9.17, 15) is 9.59 Å². The molecule has 0 aliphatic rings. The van der Waals surface area contributed by atoms with Crippen molar-refractivity contribution in [1.29, 1.82) is 0 Å². The number of H-pyrrole nitrogens is 1. The molecule has 5 nitrogen and oxygen atoms in total. The molecule has 0 saturated carbocycles. The van der Waals surface area contributed by atoms with Gasteiger partial charge in [0.1, 0.15) is 5.56 Å². The topological polar surface area (TPSA) is 66.1 Å². The predicted octanol–water partition coefficient (Wildman–Crippen LogP) is 2.13. The van der Waals surface area contributed by atoms with E-state index in [-0.39, 0.29) is 22.9 Å². The molecule has 0 unspecified atom stereocenters. The van der Waals surface area contributed by atoms with Crippen molar-refractivity contribution >= 4 is 5.91 Å². The maximum absolute atomic E-state index is 12.6. The minimum Gasteiger partial charge on any atom is -0.364 e. The lowest BCUT2D eigenvalue weighted by atomic mass is 10.2. The molecule has 0 atom stereocenters.